The molecule has 0 unspecified atom stereocenters. The van der Waals surface area contributed by atoms with Gasteiger partial charge in [0.15, 0.2) is 0 Å². The van der Waals surface area contributed by atoms with Gasteiger partial charge in [-0.2, -0.15) is 0 Å². The second-order valence-corrected chi connectivity index (χ2v) is 40.2. The molecule has 0 radical (unpaired) electrons. The Morgan fingerprint density at radius 3 is 1.20 bits per heavy atom. The number of carboxylic acids is 2. The van der Waals surface area contributed by atoms with Gasteiger partial charge in [0.05, 0.1) is 35.8 Å². The van der Waals surface area contributed by atoms with Gasteiger partial charge in [-0.3, -0.25) is 0 Å². The number of aryl methyl sites for hydroxylation is 2. The van der Waals surface area contributed by atoms with Crippen molar-refractivity contribution in [3.8, 4) is 22.9 Å². The number of ether oxygens (including phenoxy) is 2. The van der Waals surface area contributed by atoms with E-state index in [1.807, 2.05) is 13.0 Å². The van der Waals surface area contributed by atoms with Crippen molar-refractivity contribution < 1.29 is 85.4 Å². The largest absolute Gasteiger partial charge is 0.488 e. The van der Waals surface area contributed by atoms with Crippen LogP contribution in [0.5, 0.6) is 11.8 Å². The van der Waals surface area contributed by atoms with Gasteiger partial charge in [0.1, 0.15) is 31.3 Å². The van der Waals surface area contributed by atoms with E-state index in [1.165, 1.54) is 24.6 Å². The first-order valence-corrected chi connectivity index (χ1v) is 33.6. The average Bonchev–Trinajstić information content (AvgIpc) is 3.22. The Bertz CT molecular complexity index is 2770. The number of nitrogens with zero attached hydrogens (tertiary/aromatic N) is 2. The molecule has 14 nitrogen and oxygen atoms in total. The molecule has 4 N–H and O–H groups in total. The van der Waals surface area contributed by atoms with E-state index in [4.69, 9.17) is 29.7 Å². The molecule has 0 atom stereocenters. The van der Waals surface area contributed by atoms with Crippen molar-refractivity contribution in [2.45, 2.75) is 182 Å². The number of pyridine rings is 2. The van der Waals surface area contributed by atoms with Gasteiger partial charge in [0, 0.05) is 67.5 Å². The van der Waals surface area contributed by atoms with Crippen molar-refractivity contribution >= 4 is 76.0 Å². The fourth-order valence-corrected chi connectivity index (χ4v) is 23.8. The topological polar surface area (TPSA) is 228 Å². The molecule has 2 aromatic heterocycles. The van der Waals surface area contributed by atoms with E-state index in [2.05, 4.69) is 151 Å². The molecule has 4 rings (SSSR count). The molecule has 0 saturated carbocycles. The summed E-state index contributed by atoms with van der Waals surface area (Å²) < 4.78 is 81.8. The summed E-state index contributed by atoms with van der Waals surface area (Å²) in [7, 11) is -7.68. The predicted octanol–water partition coefficient (Wildman–Crippen LogP) is 13.6. The predicted molar refractivity (Wildman–Crippen MR) is 333 cm³/mol. The number of sulfone groups is 2. The maximum Gasteiger partial charge on any atom is 0.488 e. The Balaban J connectivity index is 0. The van der Waals surface area contributed by atoms with Crippen molar-refractivity contribution in [1.82, 2.24) is 9.97 Å². The fraction of sp³-hybridized carbons (Fsp3) is 0.586. The number of carboxylic acid groups (broad SMARTS) is 2. The van der Waals surface area contributed by atoms with Crippen molar-refractivity contribution in [3.63, 3.8) is 0 Å². The maximum atomic E-state index is 13.5. The first-order chi connectivity index (χ1) is 35.8. The van der Waals surface area contributed by atoms with Crippen LogP contribution < -0.4 is 14.9 Å². The number of carbonyl (C=O) groups is 2. The second-order valence-electron chi connectivity index (χ2n) is 25.4. The molecule has 2 heterocycles. The molecule has 0 aliphatic carbocycles. The van der Waals surface area contributed by atoms with Crippen LogP contribution in [0.2, 0.25) is 0 Å². The van der Waals surface area contributed by atoms with E-state index in [9.17, 15) is 35.2 Å². The number of hydrogen-bond acceptors (Lipinski definition) is 12. The van der Waals surface area contributed by atoms with Gasteiger partial charge in [0.25, 0.3) is 0 Å². The molecule has 0 aliphatic rings. The van der Waals surface area contributed by atoms with Gasteiger partial charge < -0.3 is 29.7 Å². The van der Waals surface area contributed by atoms with Gasteiger partial charge >= 0.3 is 19.1 Å². The summed E-state index contributed by atoms with van der Waals surface area (Å²) in [6.45, 7) is 47.2. The smallest absolute Gasteiger partial charge is 0.478 e. The Morgan fingerprint density at radius 1 is 0.568 bits per heavy atom. The fourth-order valence-electron chi connectivity index (χ4n) is 10.3. The summed E-state index contributed by atoms with van der Waals surface area (Å²) >= 11 is 3.34. The van der Waals surface area contributed by atoms with E-state index in [0.717, 1.165) is 46.1 Å². The summed E-state index contributed by atoms with van der Waals surface area (Å²) in [5.41, 5.74) is 1.96. The summed E-state index contributed by atoms with van der Waals surface area (Å²) in [5, 5.41) is 37.5. The van der Waals surface area contributed by atoms with Gasteiger partial charge in [0.2, 0.25) is 11.8 Å². The first kappa shape index (κ1) is 80.1. The normalized spacial score (nSPS) is 12.2. The number of benzene rings is 2. The van der Waals surface area contributed by atoms with E-state index < -0.39 is 61.5 Å². The molecule has 462 valence electrons. The molecule has 2 aromatic carbocycles. The average molecular weight is 1370 g/mol. The van der Waals surface area contributed by atoms with Crippen molar-refractivity contribution in [3.05, 3.63) is 99.3 Å². The number of hydrogen-bond donors (Lipinski definition) is 4. The zero-order valence-corrected chi connectivity index (χ0v) is 58.3. The third kappa shape index (κ3) is 31.7. The molecular weight excluding hydrogens is 1280 g/mol. The molecule has 0 aliphatic heterocycles. The van der Waals surface area contributed by atoms with Crippen LogP contribution in [0.1, 0.15) is 169 Å². The van der Waals surface area contributed by atoms with E-state index in [1.54, 1.807) is 19.2 Å². The number of aromatic carboxylic acids is 2. The summed E-state index contributed by atoms with van der Waals surface area (Å²) in [6.07, 6.45) is 6.41. The zero-order valence-electron chi connectivity index (χ0n) is 51.7. The number of halogens is 3. The minimum atomic E-state index is -3.02. The Morgan fingerprint density at radius 2 is 0.901 bits per heavy atom. The van der Waals surface area contributed by atoms with Crippen molar-refractivity contribution in [2.24, 2.45) is 0 Å². The third-order valence-corrected chi connectivity index (χ3v) is 21.9. The van der Waals surface area contributed by atoms with E-state index in [-0.39, 0.29) is 59.8 Å². The molecule has 23 heteroatoms. The Labute approximate surface area is 509 Å². The third-order valence-electron chi connectivity index (χ3n) is 11.0. The summed E-state index contributed by atoms with van der Waals surface area (Å²) in [5.74, 6) is -3.44. The van der Waals surface area contributed by atoms with Crippen LogP contribution in [0.25, 0.3) is 11.1 Å². The van der Waals surface area contributed by atoms with Crippen LogP contribution >= 0.6 is 31.8 Å². The quantitative estimate of drug-likeness (QED) is 0.0523. The zero-order chi connectivity index (χ0) is 63.0. The van der Waals surface area contributed by atoms with E-state index in [0.29, 0.717) is 73.3 Å². The molecule has 81 heavy (non-hydrogen) atoms. The number of aromatic nitrogens is 2. The van der Waals surface area contributed by atoms with Crippen LogP contribution in [-0.2, 0) is 40.1 Å². The molecule has 4 aromatic rings. The van der Waals surface area contributed by atoms with Gasteiger partial charge in [-0.15, -0.1) is 0 Å². The molecule has 0 saturated heterocycles. The van der Waals surface area contributed by atoms with Gasteiger partial charge in [-0.05, 0) is 120 Å². The van der Waals surface area contributed by atoms with Crippen LogP contribution in [-0.4, -0.2) is 134 Å². The minimum Gasteiger partial charge on any atom is -0.478 e. The van der Waals surface area contributed by atoms with Crippen molar-refractivity contribution in [2.75, 3.05) is 37.2 Å². The minimum absolute atomic E-state index is 0. The monoisotopic (exact) mass is 1370 g/mol. The second kappa shape index (κ2) is 33.1. The van der Waals surface area contributed by atoms with Crippen LogP contribution in [0.3, 0.4) is 0 Å². The van der Waals surface area contributed by atoms with E-state index >= 15 is 0 Å². The Kier molecular flexibility index (Phi) is 32.7. The van der Waals surface area contributed by atoms with Gasteiger partial charge in [-0.25, -0.2) is 45.2 Å². The Hall–Kier alpha value is -2.97. The van der Waals surface area contributed by atoms with Gasteiger partial charge in [-0.1, -0.05) is 153 Å². The summed E-state index contributed by atoms with van der Waals surface area (Å²) in [4.78, 5) is 29.6. The molecule has 0 fully saturated rings. The molecule has 0 amide bonds. The first-order valence-electron chi connectivity index (χ1n) is 26.0. The molecule has 0 bridgehead atoms. The van der Waals surface area contributed by atoms with Crippen LogP contribution in [0, 0.1) is 25.5 Å². The standard InChI is InChI=1S/C17H18FNO5S.2C12H27P.C10H14BrNO3S.C7H6BFO4.Pd/c1-11-8-16(24-6-3-7-25(2,22)23)19-10-14(11)12-4-5-15(18)13(9-12)17(20)21;2*1-10(2,3)13(11(4,5)6)12(7,8)9;1-8-6-10(12-7-9(8)11)15-4-3-5-16(2,13)14;9-6-2-1-4(8(12)13)3-5(6)7(10)11;/h4-5,8-10H,3,6-7H2,1-2H3,(H,20,21);2*1-9H3;6-7H,3-5H2,1-2H3;1-3,12-13H,(H,10,11);. The SMILES string of the molecule is CC(C)(C)P(C(C)(C)C)C(C)(C)C.CC(C)(C)P(C(C)(C)C)C(C)(C)C.Cc1cc(OCCCS(C)(=O)=O)ncc1-c1ccc(F)c(C(=O)O)c1.Cc1cc(OCCCS(C)(=O)=O)ncc1Br.O=C(O)c1cc(B(O)O)ccc1F.[Pd]. The molecule has 0 spiro atoms. The molecular formula is C58H92BBrF2N2O12P2PdS2. The van der Waals surface area contributed by atoms with Crippen LogP contribution in [0.4, 0.5) is 8.78 Å². The summed E-state index contributed by atoms with van der Waals surface area (Å²) in [6, 6.07) is 10.2. The number of rotatable bonds is 14. The van der Waals surface area contributed by atoms with Crippen molar-refractivity contribution in [1.29, 1.82) is 0 Å². The van der Waals surface area contributed by atoms with Crippen LogP contribution in [0.15, 0.2) is 65.4 Å². The maximum absolute atomic E-state index is 13.5.